The minimum atomic E-state index is -0.687. The summed E-state index contributed by atoms with van der Waals surface area (Å²) >= 11 is 0. The van der Waals surface area contributed by atoms with Crippen LogP contribution in [0.3, 0.4) is 0 Å². The number of fused-ring (bicyclic) bond motifs is 5. The van der Waals surface area contributed by atoms with E-state index in [2.05, 4.69) is 29.0 Å². The van der Waals surface area contributed by atoms with Crippen LogP contribution >= 0.6 is 0 Å². The van der Waals surface area contributed by atoms with Crippen molar-refractivity contribution >= 4 is 10.8 Å². The Morgan fingerprint density at radius 1 is 1.18 bits per heavy atom. The van der Waals surface area contributed by atoms with E-state index in [1.165, 1.54) is 5.56 Å². The second-order valence-electron chi connectivity index (χ2n) is 8.65. The van der Waals surface area contributed by atoms with Gasteiger partial charge in [0.05, 0.1) is 24.7 Å². The van der Waals surface area contributed by atoms with E-state index in [4.69, 9.17) is 18.9 Å². The molecule has 0 bridgehead atoms. The van der Waals surface area contributed by atoms with Gasteiger partial charge in [0.15, 0.2) is 35.7 Å². The molecule has 0 amide bonds. The summed E-state index contributed by atoms with van der Waals surface area (Å²) in [7, 11) is 1.62. The molecule has 34 heavy (non-hydrogen) atoms. The quantitative estimate of drug-likeness (QED) is 0.467. The van der Waals surface area contributed by atoms with E-state index >= 15 is 0 Å². The number of hydrogen-bond acceptors (Lipinski definition) is 7. The van der Waals surface area contributed by atoms with Crippen molar-refractivity contribution in [3.8, 4) is 34.3 Å². The van der Waals surface area contributed by atoms with Crippen LogP contribution in [0.5, 0.6) is 23.0 Å². The smallest absolute Gasteiger partial charge is 0.231 e. The number of hydrogen-bond donors (Lipinski definition) is 2. The van der Waals surface area contributed by atoms with Crippen LogP contribution in [0.15, 0.2) is 36.5 Å². The number of aryl methyl sites for hydroxylation is 2. The maximum atomic E-state index is 10.5. The summed E-state index contributed by atoms with van der Waals surface area (Å²) < 4.78 is 25.1. The van der Waals surface area contributed by atoms with Crippen LogP contribution in [0.4, 0.5) is 0 Å². The molecule has 3 aromatic rings. The van der Waals surface area contributed by atoms with Crippen LogP contribution in [-0.2, 0) is 13.0 Å². The molecule has 2 aliphatic rings. The summed E-state index contributed by atoms with van der Waals surface area (Å²) in [5, 5.41) is 21.7. The highest BCUT2D eigenvalue weighted by Gasteiger charge is 2.28. The van der Waals surface area contributed by atoms with Gasteiger partial charge in [-0.25, -0.2) is 0 Å². The Bertz CT molecular complexity index is 1200. The van der Waals surface area contributed by atoms with Crippen molar-refractivity contribution in [3.63, 3.8) is 0 Å². The summed E-state index contributed by atoms with van der Waals surface area (Å²) in [4.78, 5) is 1.99. The fourth-order valence-corrected chi connectivity index (χ4v) is 4.76. The Morgan fingerprint density at radius 2 is 2.00 bits per heavy atom. The molecule has 0 saturated heterocycles. The van der Waals surface area contributed by atoms with Crippen molar-refractivity contribution in [2.75, 3.05) is 46.8 Å². The van der Waals surface area contributed by atoms with Crippen LogP contribution in [0.25, 0.3) is 22.0 Å². The predicted molar refractivity (Wildman–Crippen MR) is 127 cm³/mol. The predicted octanol–water partition coefficient (Wildman–Crippen LogP) is 2.14. The van der Waals surface area contributed by atoms with Gasteiger partial charge in [-0.2, -0.15) is 4.57 Å². The highest BCUT2D eigenvalue weighted by Crippen LogP contribution is 2.41. The topological polar surface area (TPSA) is 84.5 Å². The van der Waals surface area contributed by atoms with Crippen molar-refractivity contribution in [3.05, 3.63) is 42.1 Å². The number of likely N-dealkylation sites (N-methyl/N-ethyl adjacent to an activating group) is 1. The van der Waals surface area contributed by atoms with Gasteiger partial charge in [0, 0.05) is 25.6 Å². The number of benzene rings is 2. The number of nitrogens with zero attached hydrogens (tertiary/aromatic N) is 2. The molecular weight excluding hydrogens is 436 g/mol. The molecule has 5 rings (SSSR count). The molecule has 0 fully saturated rings. The van der Waals surface area contributed by atoms with Gasteiger partial charge in [-0.15, -0.1) is 0 Å². The van der Waals surface area contributed by atoms with Crippen LogP contribution in [-0.4, -0.2) is 68.0 Å². The lowest BCUT2D eigenvalue weighted by molar-refractivity contribution is -0.686. The van der Waals surface area contributed by atoms with Gasteiger partial charge in [0.2, 0.25) is 12.5 Å². The maximum Gasteiger partial charge on any atom is 0.231 e. The minimum absolute atomic E-state index is 0.0615. The number of aromatic nitrogens is 1. The zero-order chi connectivity index (χ0) is 23.7. The van der Waals surface area contributed by atoms with E-state index in [0.717, 1.165) is 53.0 Å². The number of ether oxygens (including phenoxy) is 4. The molecule has 2 N–H and O–H groups in total. The maximum absolute atomic E-state index is 10.5. The number of rotatable bonds is 9. The lowest BCUT2D eigenvalue weighted by Crippen LogP contribution is -2.40. The van der Waals surface area contributed by atoms with Crippen molar-refractivity contribution in [2.24, 2.45) is 0 Å². The average Bonchev–Trinajstić information content (AvgIpc) is 3.32. The lowest BCUT2D eigenvalue weighted by atomic mass is 9.95. The van der Waals surface area contributed by atoms with Gasteiger partial charge >= 0.3 is 0 Å². The number of methoxy groups -OCH3 is 1. The monoisotopic (exact) mass is 467 g/mol. The summed E-state index contributed by atoms with van der Waals surface area (Å²) in [6.45, 7) is 5.00. The highest BCUT2D eigenvalue weighted by atomic mass is 16.7. The molecule has 0 aliphatic carbocycles. The Kier molecular flexibility index (Phi) is 6.45. The van der Waals surface area contributed by atoms with Crippen molar-refractivity contribution in [1.29, 1.82) is 0 Å². The molecule has 8 nitrogen and oxygen atoms in total. The molecule has 0 radical (unpaired) electrons. The SMILES string of the molecule is CCN(CCO)CC(O)COc1c(OC)ccc2cc3[n+](cc12)CCc1cc2c(cc1-3)OCO2. The number of aliphatic hydroxyl groups is 2. The molecule has 1 aromatic heterocycles. The summed E-state index contributed by atoms with van der Waals surface area (Å²) in [6.07, 6.45) is 2.31. The first-order valence-corrected chi connectivity index (χ1v) is 11.7. The molecule has 2 aliphatic heterocycles. The van der Waals surface area contributed by atoms with E-state index in [0.29, 0.717) is 24.6 Å². The van der Waals surface area contributed by atoms with Gasteiger partial charge < -0.3 is 29.2 Å². The third-order valence-corrected chi connectivity index (χ3v) is 6.55. The van der Waals surface area contributed by atoms with Crippen LogP contribution < -0.4 is 23.5 Å². The van der Waals surface area contributed by atoms with Crippen LogP contribution in [0.2, 0.25) is 0 Å². The average molecular weight is 468 g/mol. The molecule has 180 valence electrons. The van der Waals surface area contributed by atoms with E-state index in [9.17, 15) is 10.2 Å². The second kappa shape index (κ2) is 9.66. The third kappa shape index (κ3) is 4.24. The summed E-state index contributed by atoms with van der Waals surface area (Å²) in [5.74, 6) is 2.84. The second-order valence-corrected chi connectivity index (χ2v) is 8.65. The van der Waals surface area contributed by atoms with E-state index in [-0.39, 0.29) is 20.0 Å². The number of pyridine rings is 1. The Morgan fingerprint density at radius 3 is 2.76 bits per heavy atom. The van der Waals surface area contributed by atoms with E-state index in [1.807, 2.05) is 24.0 Å². The summed E-state index contributed by atoms with van der Waals surface area (Å²) in [5.41, 5.74) is 3.51. The molecule has 1 atom stereocenters. The molecule has 0 spiro atoms. The zero-order valence-electron chi connectivity index (χ0n) is 19.6. The van der Waals surface area contributed by atoms with Crippen LogP contribution in [0.1, 0.15) is 12.5 Å². The van der Waals surface area contributed by atoms with Gasteiger partial charge in [-0.1, -0.05) is 6.92 Å². The van der Waals surface area contributed by atoms with Gasteiger partial charge in [-0.05, 0) is 41.8 Å². The van der Waals surface area contributed by atoms with Gasteiger partial charge in [-0.3, -0.25) is 4.90 Å². The first-order chi connectivity index (χ1) is 16.6. The van der Waals surface area contributed by atoms with E-state index < -0.39 is 6.10 Å². The fourth-order valence-electron chi connectivity index (χ4n) is 4.76. The molecule has 1 unspecified atom stereocenters. The van der Waals surface area contributed by atoms with Crippen molar-refractivity contribution in [2.45, 2.75) is 26.0 Å². The Hall–Kier alpha value is -3.07. The van der Waals surface area contributed by atoms with Crippen molar-refractivity contribution < 1.29 is 33.7 Å². The molecule has 2 aromatic carbocycles. The minimum Gasteiger partial charge on any atom is -0.493 e. The van der Waals surface area contributed by atoms with E-state index in [1.54, 1.807) is 7.11 Å². The molecule has 3 heterocycles. The molecule has 0 saturated carbocycles. The largest absolute Gasteiger partial charge is 0.493 e. The first-order valence-electron chi connectivity index (χ1n) is 11.7. The highest BCUT2D eigenvalue weighted by molar-refractivity contribution is 5.91. The Balaban J connectivity index is 1.46. The Labute approximate surface area is 198 Å². The van der Waals surface area contributed by atoms with Gasteiger partial charge in [0.25, 0.3) is 0 Å². The van der Waals surface area contributed by atoms with Crippen molar-refractivity contribution in [1.82, 2.24) is 4.90 Å². The lowest BCUT2D eigenvalue weighted by Gasteiger charge is -2.23. The standard InChI is InChI=1S/C26H31N2O6/c1-3-27(8-9-29)13-19(30)15-32-26-21-14-28-7-6-18-11-24-25(34-16-33-24)12-20(18)22(28)10-17(21)4-5-23(26)31-2/h4-5,10-12,14,19,29-30H,3,6-9,13,15-16H2,1-2H3/q+1. The third-order valence-electron chi connectivity index (χ3n) is 6.55. The molecule has 8 heteroatoms. The first kappa shape index (κ1) is 22.7. The number of aliphatic hydroxyl groups excluding tert-OH is 2. The fraction of sp³-hybridized carbons (Fsp3) is 0.423. The zero-order valence-corrected chi connectivity index (χ0v) is 19.6. The molecular formula is C26H31N2O6+. The summed E-state index contributed by atoms with van der Waals surface area (Å²) in [6, 6.07) is 10.2. The normalized spacial score (nSPS) is 14.7. The van der Waals surface area contributed by atoms with Crippen LogP contribution in [0, 0.1) is 0 Å². The van der Waals surface area contributed by atoms with Gasteiger partial charge in [0.1, 0.15) is 12.7 Å².